The van der Waals surface area contributed by atoms with Crippen molar-refractivity contribution < 1.29 is 9.59 Å². The maximum Gasteiger partial charge on any atom is 0.309 e. The molecule has 1 fully saturated rings. The lowest BCUT2D eigenvalue weighted by Gasteiger charge is -2.04. The van der Waals surface area contributed by atoms with E-state index in [2.05, 4.69) is 17.6 Å². The van der Waals surface area contributed by atoms with E-state index in [1.807, 2.05) is 0 Å². The van der Waals surface area contributed by atoms with Gasteiger partial charge in [-0.25, -0.2) is 0 Å². The number of hydrogen-bond acceptors (Lipinski definition) is 3. The molecule has 5 nitrogen and oxygen atoms in total. The monoisotopic (exact) mass is 199 g/mol. The van der Waals surface area contributed by atoms with Gasteiger partial charge in [-0.3, -0.25) is 9.59 Å². The van der Waals surface area contributed by atoms with Gasteiger partial charge in [-0.05, 0) is 12.3 Å². The SMILES string of the molecule is CCC1CC1NC(=O)C(=O)NCCN. The van der Waals surface area contributed by atoms with Gasteiger partial charge in [0, 0.05) is 19.1 Å². The number of carbonyl (C=O) groups is 2. The van der Waals surface area contributed by atoms with Crippen LogP contribution in [0.1, 0.15) is 19.8 Å². The molecule has 1 rings (SSSR count). The predicted molar refractivity (Wildman–Crippen MR) is 52.4 cm³/mol. The Morgan fingerprint density at radius 2 is 2.14 bits per heavy atom. The van der Waals surface area contributed by atoms with Crippen molar-refractivity contribution in [2.24, 2.45) is 11.7 Å². The zero-order chi connectivity index (χ0) is 10.6. The van der Waals surface area contributed by atoms with Crippen molar-refractivity contribution in [3.8, 4) is 0 Å². The first-order valence-electron chi connectivity index (χ1n) is 4.97. The van der Waals surface area contributed by atoms with Gasteiger partial charge in [0.1, 0.15) is 0 Å². The molecule has 14 heavy (non-hydrogen) atoms. The summed E-state index contributed by atoms with van der Waals surface area (Å²) >= 11 is 0. The van der Waals surface area contributed by atoms with Gasteiger partial charge in [0.2, 0.25) is 0 Å². The molecule has 0 aromatic carbocycles. The van der Waals surface area contributed by atoms with E-state index in [0.29, 0.717) is 19.0 Å². The first-order chi connectivity index (χ1) is 6.69. The molecule has 1 saturated carbocycles. The average molecular weight is 199 g/mol. The smallest absolute Gasteiger partial charge is 0.309 e. The van der Waals surface area contributed by atoms with Crippen LogP contribution in [0, 0.1) is 5.92 Å². The van der Waals surface area contributed by atoms with E-state index in [1.165, 1.54) is 0 Å². The lowest BCUT2D eigenvalue weighted by atomic mass is 10.3. The highest BCUT2D eigenvalue weighted by Crippen LogP contribution is 2.32. The first-order valence-corrected chi connectivity index (χ1v) is 4.97. The van der Waals surface area contributed by atoms with Crippen LogP contribution in [-0.2, 0) is 9.59 Å². The molecule has 5 heteroatoms. The summed E-state index contributed by atoms with van der Waals surface area (Å²) in [5.41, 5.74) is 5.19. The highest BCUT2D eigenvalue weighted by atomic mass is 16.2. The largest absolute Gasteiger partial charge is 0.347 e. The quantitative estimate of drug-likeness (QED) is 0.506. The maximum atomic E-state index is 11.2. The van der Waals surface area contributed by atoms with Crippen LogP contribution in [-0.4, -0.2) is 30.9 Å². The van der Waals surface area contributed by atoms with Gasteiger partial charge >= 0.3 is 11.8 Å². The number of amides is 2. The van der Waals surface area contributed by atoms with Crippen LogP contribution >= 0.6 is 0 Å². The normalized spacial score (nSPS) is 24.1. The van der Waals surface area contributed by atoms with Crippen LogP contribution in [0.5, 0.6) is 0 Å². The summed E-state index contributed by atoms with van der Waals surface area (Å²) in [6.45, 7) is 2.76. The zero-order valence-electron chi connectivity index (χ0n) is 8.38. The van der Waals surface area contributed by atoms with E-state index in [0.717, 1.165) is 12.8 Å². The van der Waals surface area contributed by atoms with Crippen LogP contribution in [0.3, 0.4) is 0 Å². The molecular weight excluding hydrogens is 182 g/mol. The molecule has 0 saturated heterocycles. The lowest BCUT2D eigenvalue weighted by Crippen LogP contribution is -2.42. The standard InChI is InChI=1S/C9H17N3O2/c1-2-6-5-7(6)12-9(14)8(13)11-4-3-10/h6-7H,2-5,10H2,1H3,(H,11,13)(H,12,14). The second-order valence-corrected chi connectivity index (χ2v) is 3.53. The minimum Gasteiger partial charge on any atom is -0.347 e. The Kier molecular flexibility index (Phi) is 3.88. The summed E-state index contributed by atoms with van der Waals surface area (Å²) in [7, 11) is 0. The van der Waals surface area contributed by atoms with E-state index < -0.39 is 11.8 Å². The molecule has 0 aliphatic heterocycles. The van der Waals surface area contributed by atoms with Crippen molar-refractivity contribution in [3.05, 3.63) is 0 Å². The summed E-state index contributed by atoms with van der Waals surface area (Å²) in [6.07, 6.45) is 2.04. The van der Waals surface area contributed by atoms with Crippen LogP contribution < -0.4 is 16.4 Å². The molecule has 0 spiro atoms. The fourth-order valence-corrected chi connectivity index (χ4v) is 1.38. The topological polar surface area (TPSA) is 84.2 Å². The van der Waals surface area contributed by atoms with E-state index >= 15 is 0 Å². The van der Waals surface area contributed by atoms with Gasteiger partial charge < -0.3 is 16.4 Å². The Hall–Kier alpha value is -1.10. The van der Waals surface area contributed by atoms with Crippen molar-refractivity contribution in [1.29, 1.82) is 0 Å². The van der Waals surface area contributed by atoms with Crippen LogP contribution in [0.4, 0.5) is 0 Å². The van der Waals surface area contributed by atoms with Gasteiger partial charge in [0.15, 0.2) is 0 Å². The maximum absolute atomic E-state index is 11.2. The van der Waals surface area contributed by atoms with Crippen LogP contribution in [0.25, 0.3) is 0 Å². The van der Waals surface area contributed by atoms with E-state index in [9.17, 15) is 9.59 Å². The minimum atomic E-state index is -0.586. The molecule has 4 N–H and O–H groups in total. The number of carbonyl (C=O) groups excluding carboxylic acids is 2. The number of rotatable bonds is 4. The second-order valence-electron chi connectivity index (χ2n) is 3.53. The fourth-order valence-electron chi connectivity index (χ4n) is 1.38. The minimum absolute atomic E-state index is 0.205. The zero-order valence-corrected chi connectivity index (χ0v) is 8.38. The Bertz CT molecular complexity index is 230. The van der Waals surface area contributed by atoms with Crippen molar-refractivity contribution >= 4 is 11.8 Å². The third-order valence-electron chi connectivity index (χ3n) is 2.40. The Morgan fingerprint density at radius 1 is 1.43 bits per heavy atom. The van der Waals surface area contributed by atoms with Crippen molar-refractivity contribution in [3.63, 3.8) is 0 Å². The molecule has 0 heterocycles. The van der Waals surface area contributed by atoms with Crippen molar-refractivity contribution in [2.45, 2.75) is 25.8 Å². The lowest BCUT2D eigenvalue weighted by molar-refractivity contribution is -0.139. The Balaban J connectivity index is 2.18. The van der Waals surface area contributed by atoms with Gasteiger partial charge in [0.05, 0.1) is 0 Å². The van der Waals surface area contributed by atoms with E-state index in [1.54, 1.807) is 0 Å². The first kappa shape index (κ1) is 11.0. The summed E-state index contributed by atoms with van der Waals surface area (Å²) in [4.78, 5) is 22.3. The Labute approximate surface area is 83.4 Å². The Morgan fingerprint density at radius 3 is 2.64 bits per heavy atom. The molecule has 2 amide bonds. The highest BCUT2D eigenvalue weighted by molar-refractivity contribution is 6.35. The molecule has 1 aliphatic rings. The van der Waals surface area contributed by atoms with E-state index in [-0.39, 0.29) is 6.04 Å². The third kappa shape index (κ3) is 2.99. The van der Waals surface area contributed by atoms with Gasteiger partial charge in [-0.15, -0.1) is 0 Å². The summed E-state index contributed by atoms with van der Waals surface area (Å²) in [6, 6.07) is 0.205. The molecule has 2 unspecified atom stereocenters. The molecule has 80 valence electrons. The predicted octanol–water partition coefficient (Wildman–Crippen LogP) is -1.02. The fraction of sp³-hybridized carbons (Fsp3) is 0.778. The molecular formula is C9H17N3O2. The summed E-state index contributed by atoms with van der Waals surface area (Å²) < 4.78 is 0. The highest BCUT2D eigenvalue weighted by Gasteiger charge is 2.37. The third-order valence-corrected chi connectivity index (χ3v) is 2.40. The van der Waals surface area contributed by atoms with Gasteiger partial charge in [-0.2, -0.15) is 0 Å². The van der Waals surface area contributed by atoms with E-state index in [4.69, 9.17) is 5.73 Å². The molecule has 0 aromatic rings. The number of hydrogen-bond donors (Lipinski definition) is 3. The van der Waals surface area contributed by atoms with Gasteiger partial charge in [-0.1, -0.05) is 13.3 Å². The summed E-state index contributed by atoms with van der Waals surface area (Å²) in [5, 5.41) is 5.09. The molecule has 1 aliphatic carbocycles. The number of nitrogens with one attached hydrogen (secondary N) is 2. The summed E-state index contributed by atoms with van der Waals surface area (Å²) in [5.74, 6) is -0.571. The second kappa shape index (κ2) is 4.95. The average Bonchev–Trinajstić information content (AvgIpc) is 2.92. The molecule has 2 atom stereocenters. The molecule has 0 radical (unpaired) electrons. The van der Waals surface area contributed by atoms with Crippen LogP contribution in [0.15, 0.2) is 0 Å². The molecule has 0 bridgehead atoms. The van der Waals surface area contributed by atoms with Crippen molar-refractivity contribution in [1.82, 2.24) is 10.6 Å². The van der Waals surface area contributed by atoms with Crippen LogP contribution in [0.2, 0.25) is 0 Å². The number of nitrogens with two attached hydrogens (primary N) is 1. The van der Waals surface area contributed by atoms with Crippen molar-refractivity contribution in [2.75, 3.05) is 13.1 Å². The van der Waals surface area contributed by atoms with Gasteiger partial charge in [0.25, 0.3) is 0 Å². The molecule has 0 aromatic heterocycles.